The SMILES string of the molecule is Cc1cc(/C=N\NC(=O)CN(c2ccc(C(C)C)cc2)S(C)(=O)=O)c(C)n1-c1ccccc1F. The van der Waals surface area contributed by atoms with Crippen molar-refractivity contribution < 1.29 is 17.6 Å². The number of hydrazone groups is 1. The zero-order chi connectivity index (χ0) is 25.0. The van der Waals surface area contributed by atoms with Gasteiger partial charge in [0.15, 0.2) is 0 Å². The van der Waals surface area contributed by atoms with Crippen molar-refractivity contribution in [2.24, 2.45) is 5.10 Å². The molecule has 1 amide bonds. The standard InChI is InChI=1S/C25H29FN4O3S/c1-17(2)20-10-12-22(13-11-20)29(34(5,32)33)16-25(31)28-27-15-21-14-18(3)30(19(21)4)24-9-7-6-8-23(24)26/h6-15,17H,16H2,1-5H3,(H,28,31)/b27-15-. The lowest BCUT2D eigenvalue weighted by Crippen LogP contribution is -2.39. The van der Waals surface area contributed by atoms with E-state index >= 15 is 0 Å². The Morgan fingerprint density at radius 1 is 1.15 bits per heavy atom. The number of hydrogen-bond acceptors (Lipinski definition) is 4. The molecule has 0 aliphatic heterocycles. The van der Waals surface area contributed by atoms with E-state index in [0.717, 1.165) is 27.5 Å². The molecule has 3 aromatic rings. The molecule has 0 bridgehead atoms. The number of carbonyl (C=O) groups excluding carboxylic acids is 1. The topological polar surface area (TPSA) is 83.8 Å². The molecule has 9 heteroatoms. The fraction of sp³-hybridized carbons (Fsp3) is 0.280. The maximum Gasteiger partial charge on any atom is 0.260 e. The lowest BCUT2D eigenvalue weighted by Gasteiger charge is -2.21. The molecule has 0 unspecified atom stereocenters. The molecule has 2 aromatic carbocycles. The second kappa shape index (κ2) is 10.2. The summed E-state index contributed by atoms with van der Waals surface area (Å²) < 4.78 is 41.7. The van der Waals surface area contributed by atoms with Crippen LogP contribution in [0.2, 0.25) is 0 Å². The van der Waals surface area contributed by atoms with Gasteiger partial charge in [0.2, 0.25) is 10.0 Å². The van der Waals surface area contributed by atoms with Crippen LogP contribution in [0.3, 0.4) is 0 Å². The van der Waals surface area contributed by atoms with Crippen molar-refractivity contribution in [2.75, 3.05) is 17.1 Å². The van der Waals surface area contributed by atoms with E-state index < -0.39 is 22.5 Å². The Kier molecular flexibility index (Phi) is 7.56. The van der Waals surface area contributed by atoms with Crippen molar-refractivity contribution in [2.45, 2.75) is 33.6 Å². The van der Waals surface area contributed by atoms with Gasteiger partial charge in [-0.15, -0.1) is 0 Å². The summed E-state index contributed by atoms with van der Waals surface area (Å²) in [6, 6.07) is 15.4. The number of amides is 1. The average Bonchev–Trinajstić information content (AvgIpc) is 3.05. The van der Waals surface area contributed by atoms with Crippen LogP contribution in [-0.2, 0) is 14.8 Å². The predicted octanol–water partition coefficient (Wildman–Crippen LogP) is 4.27. The molecule has 34 heavy (non-hydrogen) atoms. The number of anilines is 1. The van der Waals surface area contributed by atoms with Crippen molar-refractivity contribution in [3.05, 3.63) is 82.9 Å². The van der Waals surface area contributed by atoms with Gasteiger partial charge in [0, 0.05) is 17.0 Å². The van der Waals surface area contributed by atoms with Gasteiger partial charge in [-0.2, -0.15) is 5.10 Å². The fourth-order valence-corrected chi connectivity index (χ4v) is 4.54. The van der Waals surface area contributed by atoms with Gasteiger partial charge in [0.05, 0.1) is 23.8 Å². The summed E-state index contributed by atoms with van der Waals surface area (Å²) in [5.74, 6) is -0.625. The number of carbonyl (C=O) groups is 1. The second-order valence-corrected chi connectivity index (χ2v) is 10.3. The Bertz CT molecular complexity index is 1310. The summed E-state index contributed by atoms with van der Waals surface area (Å²) in [4.78, 5) is 12.5. The molecule has 0 aliphatic rings. The first-order chi connectivity index (χ1) is 16.0. The van der Waals surface area contributed by atoms with Crippen LogP contribution in [0.25, 0.3) is 5.69 Å². The number of sulfonamides is 1. The minimum atomic E-state index is -3.69. The summed E-state index contributed by atoms with van der Waals surface area (Å²) in [6.45, 7) is 7.36. The van der Waals surface area contributed by atoms with Crippen molar-refractivity contribution in [3.8, 4) is 5.69 Å². The number of halogens is 1. The maximum absolute atomic E-state index is 14.3. The molecule has 0 spiro atoms. The molecular formula is C25H29FN4O3S. The molecule has 1 heterocycles. The Hall–Kier alpha value is -3.46. The number of para-hydroxylation sites is 1. The van der Waals surface area contributed by atoms with E-state index in [1.165, 1.54) is 12.3 Å². The molecular weight excluding hydrogens is 455 g/mol. The first-order valence-electron chi connectivity index (χ1n) is 10.8. The number of benzene rings is 2. The number of nitrogens with zero attached hydrogens (tertiary/aromatic N) is 3. The minimum Gasteiger partial charge on any atom is -0.315 e. The van der Waals surface area contributed by atoms with Crippen LogP contribution >= 0.6 is 0 Å². The van der Waals surface area contributed by atoms with Crippen LogP contribution in [0.5, 0.6) is 0 Å². The normalized spacial score (nSPS) is 11.9. The highest BCUT2D eigenvalue weighted by Crippen LogP contribution is 2.23. The van der Waals surface area contributed by atoms with E-state index in [1.807, 2.05) is 45.9 Å². The molecule has 1 aromatic heterocycles. The van der Waals surface area contributed by atoms with E-state index in [0.29, 0.717) is 22.9 Å². The van der Waals surface area contributed by atoms with E-state index in [4.69, 9.17) is 0 Å². The Morgan fingerprint density at radius 2 is 1.79 bits per heavy atom. The average molecular weight is 485 g/mol. The largest absolute Gasteiger partial charge is 0.315 e. The summed E-state index contributed by atoms with van der Waals surface area (Å²) in [5.41, 5.74) is 6.54. The number of nitrogens with one attached hydrogen (secondary N) is 1. The molecule has 180 valence electrons. The van der Waals surface area contributed by atoms with E-state index in [1.54, 1.807) is 34.9 Å². The Morgan fingerprint density at radius 3 is 2.38 bits per heavy atom. The molecule has 7 nitrogen and oxygen atoms in total. The molecule has 0 atom stereocenters. The zero-order valence-electron chi connectivity index (χ0n) is 19.9. The number of hydrogen-bond donors (Lipinski definition) is 1. The van der Waals surface area contributed by atoms with Crippen LogP contribution in [0.15, 0.2) is 59.7 Å². The number of aromatic nitrogens is 1. The molecule has 0 aliphatic carbocycles. The summed E-state index contributed by atoms with van der Waals surface area (Å²) >= 11 is 0. The first kappa shape index (κ1) is 25.2. The fourth-order valence-electron chi connectivity index (χ4n) is 3.69. The second-order valence-electron chi connectivity index (χ2n) is 8.42. The Labute approximate surface area is 200 Å². The summed E-state index contributed by atoms with van der Waals surface area (Å²) in [7, 11) is -3.69. The molecule has 1 N–H and O–H groups in total. The first-order valence-corrected chi connectivity index (χ1v) is 12.7. The third kappa shape index (κ3) is 5.72. The van der Waals surface area contributed by atoms with Crippen molar-refractivity contribution >= 4 is 27.8 Å². The molecule has 0 saturated heterocycles. The predicted molar refractivity (Wildman–Crippen MR) is 134 cm³/mol. The van der Waals surface area contributed by atoms with E-state index in [2.05, 4.69) is 10.5 Å². The molecule has 0 saturated carbocycles. The van der Waals surface area contributed by atoms with E-state index in [9.17, 15) is 17.6 Å². The van der Waals surface area contributed by atoms with Crippen LogP contribution in [0.1, 0.15) is 42.3 Å². The lowest BCUT2D eigenvalue weighted by molar-refractivity contribution is -0.119. The Balaban J connectivity index is 1.74. The van der Waals surface area contributed by atoms with Crippen LogP contribution in [-0.4, -0.2) is 37.9 Å². The van der Waals surface area contributed by atoms with Gasteiger partial charge < -0.3 is 4.57 Å². The highest BCUT2D eigenvalue weighted by atomic mass is 32.2. The number of rotatable bonds is 8. The van der Waals surface area contributed by atoms with Gasteiger partial charge in [0.25, 0.3) is 5.91 Å². The zero-order valence-corrected chi connectivity index (χ0v) is 20.7. The van der Waals surface area contributed by atoms with Gasteiger partial charge in [-0.05, 0) is 55.7 Å². The van der Waals surface area contributed by atoms with Crippen molar-refractivity contribution in [3.63, 3.8) is 0 Å². The smallest absolute Gasteiger partial charge is 0.260 e. The lowest BCUT2D eigenvalue weighted by atomic mass is 10.0. The number of aryl methyl sites for hydroxylation is 1. The minimum absolute atomic E-state index is 0.304. The summed E-state index contributed by atoms with van der Waals surface area (Å²) in [6.07, 6.45) is 2.51. The monoisotopic (exact) mass is 484 g/mol. The van der Waals surface area contributed by atoms with Gasteiger partial charge >= 0.3 is 0 Å². The molecule has 3 rings (SSSR count). The van der Waals surface area contributed by atoms with Crippen molar-refractivity contribution in [1.82, 2.24) is 9.99 Å². The quantitative estimate of drug-likeness (QED) is 0.383. The third-order valence-electron chi connectivity index (χ3n) is 5.49. The third-order valence-corrected chi connectivity index (χ3v) is 6.63. The van der Waals surface area contributed by atoms with Gasteiger partial charge in [-0.25, -0.2) is 18.2 Å². The highest BCUT2D eigenvalue weighted by molar-refractivity contribution is 7.92. The molecule has 0 radical (unpaired) electrons. The summed E-state index contributed by atoms with van der Waals surface area (Å²) in [5, 5.41) is 3.99. The van der Waals surface area contributed by atoms with Crippen LogP contribution in [0, 0.1) is 19.7 Å². The maximum atomic E-state index is 14.3. The van der Waals surface area contributed by atoms with Gasteiger partial charge in [-0.3, -0.25) is 9.10 Å². The van der Waals surface area contributed by atoms with Gasteiger partial charge in [0.1, 0.15) is 12.4 Å². The van der Waals surface area contributed by atoms with Gasteiger partial charge in [-0.1, -0.05) is 38.1 Å². The van der Waals surface area contributed by atoms with Crippen LogP contribution < -0.4 is 9.73 Å². The van der Waals surface area contributed by atoms with E-state index in [-0.39, 0.29) is 5.82 Å². The highest BCUT2D eigenvalue weighted by Gasteiger charge is 2.21. The van der Waals surface area contributed by atoms with Crippen LogP contribution in [0.4, 0.5) is 10.1 Å². The van der Waals surface area contributed by atoms with Crippen molar-refractivity contribution in [1.29, 1.82) is 0 Å². The molecule has 0 fully saturated rings.